The van der Waals surface area contributed by atoms with Crippen molar-refractivity contribution in [2.24, 2.45) is 0 Å². The van der Waals surface area contributed by atoms with Crippen LogP contribution in [0.1, 0.15) is 66.6 Å². The first-order valence-electron chi connectivity index (χ1n) is 7.75. The number of benzene rings is 2. The van der Waals surface area contributed by atoms with Gasteiger partial charge in [-0.15, -0.1) is 0 Å². The number of rotatable bonds is 4. The lowest BCUT2D eigenvalue weighted by Crippen LogP contribution is -2.05. The summed E-state index contributed by atoms with van der Waals surface area (Å²) < 4.78 is 13.2. The first-order valence-corrected chi connectivity index (χ1v) is 7.75. The molecule has 0 N–H and O–H groups in total. The Morgan fingerprint density at radius 3 is 1.95 bits per heavy atom. The summed E-state index contributed by atoms with van der Waals surface area (Å²) in [4.78, 5) is 11.8. The highest BCUT2D eigenvalue weighted by molar-refractivity contribution is 5.92. The van der Waals surface area contributed by atoms with Crippen LogP contribution in [0.2, 0.25) is 0 Å². The second kappa shape index (κ2) is 6.43. The van der Waals surface area contributed by atoms with Gasteiger partial charge in [0.1, 0.15) is 5.82 Å². The van der Waals surface area contributed by atoms with Gasteiger partial charge >= 0.3 is 0 Å². The summed E-state index contributed by atoms with van der Waals surface area (Å²) in [5.41, 5.74) is 5.96. The van der Waals surface area contributed by atoms with E-state index in [1.807, 2.05) is 6.92 Å². The van der Waals surface area contributed by atoms with Crippen LogP contribution in [-0.4, -0.2) is 6.29 Å². The van der Waals surface area contributed by atoms with E-state index in [4.69, 9.17) is 0 Å². The zero-order chi connectivity index (χ0) is 16.4. The average molecular weight is 298 g/mol. The van der Waals surface area contributed by atoms with E-state index < -0.39 is 0 Å². The van der Waals surface area contributed by atoms with E-state index in [2.05, 4.69) is 33.8 Å². The van der Waals surface area contributed by atoms with E-state index in [0.717, 1.165) is 34.1 Å². The van der Waals surface area contributed by atoms with Crippen LogP contribution < -0.4 is 0 Å². The molecule has 0 heterocycles. The molecule has 0 saturated heterocycles. The van der Waals surface area contributed by atoms with Crippen LogP contribution in [0.4, 0.5) is 4.39 Å². The summed E-state index contributed by atoms with van der Waals surface area (Å²) in [5.74, 6) is 0.369. The van der Waals surface area contributed by atoms with Gasteiger partial charge in [-0.3, -0.25) is 4.79 Å². The lowest BCUT2D eigenvalue weighted by molar-refractivity contribution is 0.112. The van der Waals surface area contributed by atoms with Crippen LogP contribution in [0.25, 0.3) is 11.1 Å². The number of carbonyl (C=O) groups is 1. The minimum absolute atomic E-state index is 0.262. The molecule has 0 radical (unpaired) electrons. The number of hydrogen-bond donors (Lipinski definition) is 0. The van der Waals surface area contributed by atoms with Crippen LogP contribution in [0.15, 0.2) is 30.3 Å². The molecule has 0 bridgehead atoms. The molecule has 0 atom stereocenters. The molecule has 0 aliphatic carbocycles. The number of aldehydes is 1. The van der Waals surface area contributed by atoms with Crippen molar-refractivity contribution in [2.75, 3.05) is 0 Å². The van der Waals surface area contributed by atoms with Crippen molar-refractivity contribution < 1.29 is 9.18 Å². The lowest BCUT2D eigenvalue weighted by atomic mass is 9.82. The Kier molecular flexibility index (Phi) is 4.80. The third-order valence-corrected chi connectivity index (χ3v) is 4.19. The van der Waals surface area contributed by atoms with E-state index in [1.54, 1.807) is 12.1 Å². The molecule has 0 aliphatic heterocycles. The van der Waals surface area contributed by atoms with Crippen LogP contribution in [-0.2, 0) is 0 Å². The molecule has 0 amide bonds. The summed E-state index contributed by atoms with van der Waals surface area (Å²) >= 11 is 0. The maximum Gasteiger partial charge on any atom is 0.150 e. The normalized spacial score (nSPS) is 11.3. The second-order valence-electron chi connectivity index (χ2n) is 6.40. The number of halogens is 1. The van der Waals surface area contributed by atoms with Crippen molar-refractivity contribution >= 4 is 6.29 Å². The van der Waals surface area contributed by atoms with E-state index in [9.17, 15) is 9.18 Å². The van der Waals surface area contributed by atoms with Gasteiger partial charge in [-0.05, 0) is 58.7 Å². The number of hydrogen-bond acceptors (Lipinski definition) is 1. The fourth-order valence-electron chi connectivity index (χ4n) is 3.04. The van der Waals surface area contributed by atoms with Crippen LogP contribution in [0, 0.1) is 12.7 Å². The van der Waals surface area contributed by atoms with Crippen LogP contribution in [0.5, 0.6) is 0 Å². The molecule has 2 heteroatoms. The molecule has 116 valence electrons. The smallest absolute Gasteiger partial charge is 0.150 e. The van der Waals surface area contributed by atoms with Gasteiger partial charge in [0.25, 0.3) is 0 Å². The molecular formula is C20H23FO. The van der Waals surface area contributed by atoms with Gasteiger partial charge < -0.3 is 0 Å². The molecule has 22 heavy (non-hydrogen) atoms. The largest absolute Gasteiger partial charge is 0.298 e. The first kappa shape index (κ1) is 16.4. The third kappa shape index (κ3) is 2.96. The average Bonchev–Trinajstić information content (AvgIpc) is 2.47. The predicted molar refractivity (Wildman–Crippen MR) is 90.1 cm³/mol. The minimum Gasteiger partial charge on any atom is -0.298 e. The summed E-state index contributed by atoms with van der Waals surface area (Å²) in [6, 6.07) is 8.54. The molecule has 0 saturated carbocycles. The van der Waals surface area contributed by atoms with Gasteiger partial charge in [0.2, 0.25) is 0 Å². The van der Waals surface area contributed by atoms with Crippen molar-refractivity contribution in [2.45, 2.75) is 46.5 Å². The van der Waals surface area contributed by atoms with Gasteiger partial charge in [0.05, 0.1) is 0 Å². The van der Waals surface area contributed by atoms with Gasteiger partial charge in [-0.1, -0.05) is 45.9 Å². The standard InChI is InChI=1S/C20H23FO/c1-12(2)17-10-18(13(3)4)19(11-22)20(14(17)5)15-6-8-16(21)9-7-15/h6-13H,1-5H3. The molecule has 2 aromatic rings. The molecule has 0 unspecified atom stereocenters. The van der Waals surface area contributed by atoms with Crippen LogP contribution >= 0.6 is 0 Å². The Bertz CT molecular complexity index is 682. The van der Waals surface area contributed by atoms with Crippen molar-refractivity contribution in [3.8, 4) is 11.1 Å². The Morgan fingerprint density at radius 1 is 0.955 bits per heavy atom. The third-order valence-electron chi connectivity index (χ3n) is 4.19. The van der Waals surface area contributed by atoms with E-state index in [1.165, 1.54) is 17.7 Å². The maximum atomic E-state index is 13.2. The molecule has 0 fully saturated rings. The fourth-order valence-corrected chi connectivity index (χ4v) is 3.04. The molecule has 0 aromatic heterocycles. The SMILES string of the molecule is Cc1c(C(C)C)cc(C(C)C)c(C=O)c1-c1ccc(F)cc1. The van der Waals surface area contributed by atoms with Gasteiger partial charge in [-0.2, -0.15) is 0 Å². The zero-order valence-electron chi connectivity index (χ0n) is 13.9. The van der Waals surface area contributed by atoms with Gasteiger partial charge in [-0.25, -0.2) is 4.39 Å². The lowest BCUT2D eigenvalue weighted by Gasteiger charge is -2.22. The van der Waals surface area contributed by atoms with Crippen LogP contribution in [0.3, 0.4) is 0 Å². The van der Waals surface area contributed by atoms with Gasteiger partial charge in [0, 0.05) is 5.56 Å². The quantitative estimate of drug-likeness (QED) is 0.646. The van der Waals surface area contributed by atoms with E-state index >= 15 is 0 Å². The summed E-state index contributed by atoms with van der Waals surface area (Å²) in [5, 5.41) is 0. The van der Waals surface area contributed by atoms with Crippen molar-refractivity contribution in [1.29, 1.82) is 0 Å². The highest BCUT2D eigenvalue weighted by Crippen LogP contribution is 2.37. The topological polar surface area (TPSA) is 17.1 Å². The highest BCUT2D eigenvalue weighted by Gasteiger charge is 2.19. The molecule has 0 spiro atoms. The maximum absolute atomic E-state index is 13.2. The second-order valence-corrected chi connectivity index (χ2v) is 6.40. The van der Waals surface area contributed by atoms with Crippen molar-refractivity contribution in [3.05, 3.63) is 58.4 Å². The van der Waals surface area contributed by atoms with Gasteiger partial charge in [0.15, 0.2) is 6.29 Å². The monoisotopic (exact) mass is 298 g/mol. The zero-order valence-corrected chi connectivity index (χ0v) is 13.9. The Labute approximate surface area is 132 Å². The van der Waals surface area contributed by atoms with Crippen molar-refractivity contribution in [3.63, 3.8) is 0 Å². The molecule has 2 rings (SSSR count). The van der Waals surface area contributed by atoms with E-state index in [-0.39, 0.29) is 11.7 Å². The summed E-state index contributed by atoms with van der Waals surface area (Å²) in [6.07, 6.45) is 0.936. The summed E-state index contributed by atoms with van der Waals surface area (Å²) in [7, 11) is 0. The Balaban J connectivity index is 2.84. The highest BCUT2D eigenvalue weighted by atomic mass is 19.1. The van der Waals surface area contributed by atoms with Crippen molar-refractivity contribution in [1.82, 2.24) is 0 Å². The Hall–Kier alpha value is -1.96. The van der Waals surface area contributed by atoms with E-state index in [0.29, 0.717) is 5.92 Å². The fraction of sp³-hybridized carbons (Fsp3) is 0.350. The first-order chi connectivity index (χ1) is 10.4. The molecule has 0 aliphatic rings. The number of carbonyl (C=O) groups excluding carboxylic acids is 1. The molecule has 1 nitrogen and oxygen atoms in total. The molecule has 2 aromatic carbocycles. The minimum atomic E-state index is -0.266. The Morgan fingerprint density at radius 2 is 1.50 bits per heavy atom. The summed E-state index contributed by atoms with van der Waals surface area (Å²) in [6.45, 7) is 10.5. The predicted octanol–water partition coefficient (Wildman–Crippen LogP) is 5.86. The molecular weight excluding hydrogens is 275 g/mol.